The minimum Gasteiger partial charge on any atom is -0.481 e. The molecule has 0 aromatic heterocycles. The lowest BCUT2D eigenvalue weighted by molar-refractivity contribution is -0.137. The predicted octanol–water partition coefficient (Wildman–Crippen LogP) is 1.00. The number of likely N-dealkylation sites (tertiary alicyclic amines) is 1. The number of hydrogen-bond acceptors (Lipinski definition) is 3. The summed E-state index contributed by atoms with van der Waals surface area (Å²) in [6.07, 6.45) is 6.78. The summed E-state index contributed by atoms with van der Waals surface area (Å²) in [4.78, 5) is 24.1. The van der Waals surface area contributed by atoms with Gasteiger partial charge in [0.05, 0.1) is 12.2 Å². The van der Waals surface area contributed by atoms with Crippen LogP contribution in [0.5, 0.6) is 0 Å². The first-order valence-electron chi connectivity index (χ1n) is 5.92. The lowest BCUT2D eigenvalue weighted by Crippen LogP contribution is -2.44. The standard InChI is InChI=1S/C12H18N2O3S/c1-2-7-18-8-5-13-12(17)14-6-3-4-10(14)9-11(15)16/h1,10H,3-9H2,(H,13,17)(H,15,16). The van der Waals surface area contributed by atoms with E-state index in [9.17, 15) is 9.59 Å². The molecule has 0 spiro atoms. The van der Waals surface area contributed by atoms with Gasteiger partial charge in [0.25, 0.3) is 0 Å². The van der Waals surface area contributed by atoms with E-state index >= 15 is 0 Å². The van der Waals surface area contributed by atoms with E-state index in [1.54, 1.807) is 16.7 Å². The van der Waals surface area contributed by atoms with Crippen molar-refractivity contribution < 1.29 is 14.7 Å². The Balaban J connectivity index is 2.27. The molecular formula is C12H18N2O3S. The number of terminal acetylenes is 1. The summed E-state index contributed by atoms with van der Waals surface area (Å²) in [6, 6.07) is -0.332. The van der Waals surface area contributed by atoms with Gasteiger partial charge < -0.3 is 15.3 Å². The number of nitrogens with one attached hydrogen (secondary N) is 1. The lowest BCUT2D eigenvalue weighted by atomic mass is 10.1. The van der Waals surface area contributed by atoms with Gasteiger partial charge in [0.1, 0.15) is 0 Å². The molecule has 0 radical (unpaired) electrons. The highest BCUT2D eigenvalue weighted by molar-refractivity contribution is 7.99. The molecule has 1 atom stereocenters. The Hall–Kier alpha value is -1.35. The van der Waals surface area contributed by atoms with Gasteiger partial charge in [-0.1, -0.05) is 5.92 Å². The zero-order valence-corrected chi connectivity index (χ0v) is 11.0. The van der Waals surface area contributed by atoms with E-state index in [1.807, 2.05) is 0 Å². The van der Waals surface area contributed by atoms with Crippen LogP contribution in [0.4, 0.5) is 4.79 Å². The summed E-state index contributed by atoms with van der Waals surface area (Å²) in [6.45, 7) is 1.20. The molecule has 100 valence electrons. The van der Waals surface area contributed by atoms with Crippen molar-refractivity contribution in [2.24, 2.45) is 0 Å². The highest BCUT2D eigenvalue weighted by Gasteiger charge is 2.29. The van der Waals surface area contributed by atoms with E-state index < -0.39 is 5.97 Å². The normalized spacial score (nSPS) is 18.4. The molecule has 0 aromatic carbocycles. The first-order chi connectivity index (χ1) is 8.65. The van der Waals surface area contributed by atoms with Gasteiger partial charge in [-0.2, -0.15) is 0 Å². The van der Waals surface area contributed by atoms with E-state index in [0.29, 0.717) is 18.8 Å². The molecule has 1 rings (SSSR count). The molecule has 0 bridgehead atoms. The largest absolute Gasteiger partial charge is 0.481 e. The smallest absolute Gasteiger partial charge is 0.317 e. The monoisotopic (exact) mass is 270 g/mol. The number of hydrogen-bond donors (Lipinski definition) is 2. The van der Waals surface area contributed by atoms with Crippen LogP contribution < -0.4 is 5.32 Å². The molecule has 1 heterocycles. The van der Waals surface area contributed by atoms with Crippen molar-refractivity contribution in [3.63, 3.8) is 0 Å². The molecule has 18 heavy (non-hydrogen) atoms. The Bertz CT molecular complexity index is 341. The number of carboxylic acids is 1. The Kier molecular flexibility index (Phi) is 6.44. The second-order valence-electron chi connectivity index (χ2n) is 4.08. The molecule has 2 amide bonds. The van der Waals surface area contributed by atoms with E-state index in [4.69, 9.17) is 11.5 Å². The number of carbonyl (C=O) groups is 2. The quantitative estimate of drug-likeness (QED) is 0.558. The number of thioether (sulfide) groups is 1. The van der Waals surface area contributed by atoms with Crippen molar-refractivity contribution in [3.05, 3.63) is 0 Å². The highest BCUT2D eigenvalue weighted by Crippen LogP contribution is 2.19. The second-order valence-corrected chi connectivity index (χ2v) is 5.18. The van der Waals surface area contributed by atoms with Crippen molar-refractivity contribution in [1.82, 2.24) is 10.2 Å². The van der Waals surface area contributed by atoms with Gasteiger partial charge in [0.2, 0.25) is 0 Å². The topological polar surface area (TPSA) is 69.6 Å². The number of aliphatic carboxylic acids is 1. The van der Waals surface area contributed by atoms with Gasteiger partial charge in [0, 0.05) is 24.9 Å². The summed E-state index contributed by atoms with van der Waals surface area (Å²) >= 11 is 1.59. The van der Waals surface area contributed by atoms with E-state index in [-0.39, 0.29) is 18.5 Å². The van der Waals surface area contributed by atoms with Crippen LogP contribution in [-0.2, 0) is 4.79 Å². The van der Waals surface area contributed by atoms with Gasteiger partial charge in [-0.3, -0.25) is 4.79 Å². The van der Waals surface area contributed by atoms with Gasteiger partial charge in [0.15, 0.2) is 0 Å². The minimum absolute atomic E-state index is 0.0270. The van der Waals surface area contributed by atoms with Gasteiger partial charge in [-0.05, 0) is 12.8 Å². The lowest BCUT2D eigenvalue weighted by Gasteiger charge is -2.23. The fraction of sp³-hybridized carbons (Fsp3) is 0.667. The molecule has 0 saturated carbocycles. The molecule has 2 N–H and O–H groups in total. The van der Waals surface area contributed by atoms with Crippen LogP contribution in [0, 0.1) is 12.3 Å². The number of urea groups is 1. The molecule has 0 aromatic rings. The molecule has 1 saturated heterocycles. The van der Waals surface area contributed by atoms with Crippen LogP contribution in [0.2, 0.25) is 0 Å². The van der Waals surface area contributed by atoms with Crippen molar-refractivity contribution in [2.45, 2.75) is 25.3 Å². The van der Waals surface area contributed by atoms with Crippen molar-refractivity contribution >= 4 is 23.8 Å². The molecule has 6 heteroatoms. The van der Waals surface area contributed by atoms with Crippen LogP contribution in [0.1, 0.15) is 19.3 Å². The highest BCUT2D eigenvalue weighted by atomic mass is 32.2. The number of carbonyl (C=O) groups excluding carboxylic acids is 1. The van der Waals surface area contributed by atoms with Crippen molar-refractivity contribution in [2.75, 3.05) is 24.6 Å². The first-order valence-corrected chi connectivity index (χ1v) is 7.08. The summed E-state index contributed by atoms with van der Waals surface area (Å²) in [5.74, 6) is 3.07. The third kappa shape index (κ3) is 4.88. The molecular weight excluding hydrogens is 252 g/mol. The zero-order chi connectivity index (χ0) is 13.4. The van der Waals surface area contributed by atoms with Crippen LogP contribution in [-0.4, -0.2) is 52.6 Å². The number of nitrogens with zero attached hydrogens (tertiary/aromatic N) is 1. The second kappa shape index (κ2) is 7.88. The number of carboxylic acid groups (broad SMARTS) is 1. The molecule has 1 unspecified atom stereocenters. The zero-order valence-electron chi connectivity index (χ0n) is 10.2. The van der Waals surface area contributed by atoms with Crippen molar-refractivity contribution in [1.29, 1.82) is 0 Å². The van der Waals surface area contributed by atoms with Gasteiger partial charge in [-0.25, -0.2) is 4.79 Å². The van der Waals surface area contributed by atoms with E-state index in [0.717, 1.165) is 18.6 Å². The van der Waals surface area contributed by atoms with Gasteiger partial charge in [-0.15, -0.1) is 18.2 Å². The summed E-state index contributed by atoms with van der Waals surface area (Å²) in [7, 11) is 0. The Morgan fingerprint density at radius 1 is 1.56 bits per heavy atom. The first kappa shape index (κ1) is 14.7. The Morgan fingerprint density at radius 3 is 3.00 bits per heavy atom. The summed E-state index contributed by atoms with van der Waals surface area (Å²) < 4.78 is 0. The maximum absolute atomic E-state index is 11.8. The van der Waals surface area contributed by atoms with E-state index in [1.165, 1.54) is 0 Å². The summed E-state index contributed by atoms with van der Waals surface area (Å²) in [5.41, 5.74) is 0. The maximum Gasteiger partial charge on any atom is 0.317 e. The molecule has 5 nitrogen and oxygen atoms in total. The molecule has 1 aliphatic heterocycles. The van der Waals surface area contributed by atoms with Crippen LogP contribution in [0.3, 0.4) is 0 Å². The van der Waals surface area contributed by atoms with E-state index in [2.05, 4.69) is 11.2 Å². The Labute approximate surface area is 111 Å². The predicted molar refractivity (Wildman–Crippen MR) is 71.5 cm³/mol. The fourth-order valence-corrected chi connectivity index (χ4v) is 2.49. The number of rotatable bonds is 6. The Morgan fingerprint density at radius 2 is 2.33 bits per heavy atom. The molecule has 1 fully saturated rings. The third-order valence-electron chi connectivity index (χ3n) is 2.76. The SMILES string of the molecule is C#CCSCCNC(=O)N1CCCC1CC(=O)O. The van der Waals surface area contributed by atoms with Crippen LogP contribution in [0.15, 0.2) is 0 Å². The van der Waals surface area contributed by atoms with Crippen LogP contribution >= 0.6 is 11.8 Å². The molecule has 1 aliphatic rings. The maximum atomic E-state index is 11.8. The average molecular weight is 270 g/mol. The minimum atomic E-state index is -0.857. The fourth-order valence-electron chi connectivity index (χ4n) is 1.98. The summed E-state index contributed by atoms with van der Waals surface area (Å²) in [5, 5.41) is 11.6. The van der Waals surface area contributed by atoms with Crippen molar-refractivity contribution in [3.8, 4) is 12.3 Å². The number of amides is 2. The molecule has 0 aliphatic carbocycles. The third-order valence-corrected chi connectivity index (χ3v) is 3.62. The van der Waals surface area contributed by atoms with Gasteiger partial charge >= 0.3 is 12.0 Å². The average Bonchev–Trinajstić information content (AvgIpc) is 2.76. The van der Waals surface area contributed by atoms with Crippen LogP contribution in [0.25, 0.3) is 0 Å².